The first-order valence-corrected chi connectivity index (χ1v) is 17.4. The van der Waals surface area contributed by atoms with Crippen LogP contribution in [0, 0.1) is 17.6 Å². The smallest absolute Gasteiger partial charge is 0.290 e. The van der Waals surface area contributed by atoms with Crippen LogP contribution in [-0.2, 0) is 9.53 Å². The van der Waals surface area contributed by atoms with E-state index in [1.54, 1.807) is 37.5 Å². The molecule has 0 aliphatic carbocycles. The standard InChI is InChI=1S/C28H35F2NO2.C9H14.2C2H6.CH2O2/c1-5-19(2)7-6-8-20(3)27-25(17-18-26(32)21-9-11-22(29)12-10-21)28(33-4)31(27)24-15-13-23(30)14-16-24;1-4-6-8-9(3)7-5-2;2*1-2;2-1-3/h7-16,25-28,32H,5-6,17-18H2,1-4H3;4,6-8H,1,5H2,2-3H3;2*1-2H3;1H,(H,2,3)/b19-7-,20-8+;8-6-,9-7-;;;. The summed E-state index contributed by atoms with van der Waals surface area (Å²) in [6.07, 6.45) is 15.9. The molecule has 0 spiro atoms. The van der Waals surface area contributed by atoms with E-state index in [1.165, 1.54) is 41.0 Å². The van der Waals surface area contributed by atoms with Crippen molar-refractivity contribution < 1.29 is 28.5 Å². The quantitative estimate of drug-likeness (QED) is 0.125. The van der Waals surface area contributed by atoms with Crippen LogP contribution >= 0.6 is 0 Å². The van der Waals surface area contributed by atoms with E-state index < -0.39 is 6.10 Å². The van der Waals surface area contributed by atoms with Crippen LogP contribution in [0.5, 0.6) is 0 Å². The monoisotopic (exact) mass is 683 g/mol. The molecule has 0 saturated carbocycles. The number of methoxy groups -OCH3 is 1. The number of aliphatic hydroxyl groups excluding tert-OH is 1. The number of hydrogen-bond acceptors (Lipinski definition) is 4. The van der Waals surface area contributed by atoms with Gasteiger partial charge in [-0.1, -0.05) is 113 Å². The molecule has 4 atom stereocenters. The molecule has 49 heavy (non-hydrogen) atoms. The number of allylic oxidation sites excluding steroid dienone is 8. The van der Waals surface area contributed by atoms with Gasteiger partial charge < -0.3 is 19.8 Å². The van der Waals surface area contributed by atoms with Gasteiger partial charge in [-0.25, -0.2) is 8.78 Å². The minimum atomic E-state index is -0.664. The molecule has 1 aliphatic heterocycles. The fourth-order valence-electron chi connectivity index (χ4n) is 5.21. The second kappa shape index (κ2) is 29.1. The fourth-order valence-corrected chi connectivity index (χ4v) is 5.21. The van der Waals surface area contributed by atoms with Gasteiger partial charge in [-0.05, 0) is 94.8 Å². The van der Waals surface area contributed by atoms with E-state index >= 15 is 0 Å². The summed E-state index contributed by atoms with van der Waals surface area (Å²) in [5.41, 5.74) is 5.52. The molecule has 5 nitrogen and oxygen atoms in total. The number of ether oxygens (including phenoxy) is 1. The number of rotatable bonds is 13. The first-order valence-electron chi connectivity index (χ1n) is 17.4. The lowest BCUT2D eigenvalue weighted by Crippen LogP contribution is -2.65. The van der Waals surface area contributed by atoms with Crippen molar-refractivity contribution >= 4 is 12.2 Å². The summed E-state index contributed by atoms with van der Waals surface area (Å²) in [7, 11) is 1.69. The van der Waals surface area contributed by atoms with Gasteiger partial charge in [-0.3, -0.25) is 4.79 Å². The predicted octanol–water partition coefficient (Wildman–Crippen LogP) is 11.8. The van der Waals surface area contributed by atoms with Gasteiger partial charge in [0.05, 0.1) is 12.1 Å². The van der Waals surface area contributed by atoms with Gasteiger partial charge in [0.25, 0.3) is 6.47 Å². The van der Waals surface area contributed by atoms with Gasteiger partial charge >= 0.3 is 0 Å². The molecular formula is C42H63F2NO4. The maximum Gasteiger partial charge on any atom is 0.290 e. The molecule has 0 radical (unpaired) electrons. The molecular weight excluding hydrogens is 620 g/mol. The highest BCUT2D eigenvalue weighted by Gasteiger charge is 2.49. The Bertz CT molecular complexity index is 1270. The van der Waals surface area contributed by atoms with E-state index in [1.807, 2.05) is 33.8 Å². The highest BCUT2D eigenvalue weighted by molar-refractivity contribution is 5.54. The number of benzene rings is 2. The number of carboxylic acid groups (broad SMARTS) is 1. The third kappa shape index (κ3) is 18.0. The van der Waals surface area contributed by atoms with Crippen molar-refractivity contribution in [3.05, 3.63) is 125 Å². The van der Waals surface area contributed by atoms with Crippen molar-refractivity contribution in [2.75, 3.05) is 12.0 Å². The van der Waals surface area contributed by atoms with Gasteiger partial charge in [-0.15, -0.1) is 0 Å². The van der Waals surface area contributed by atoms with Gasteiger partial charge in [0.15, 0.2) is 0 Å². The highest BCUT2D eigenvalue weighted by atomic mass is 19.1. The second-order valence-corrected chi connectivity index (χ2v) is 10.9. The number of carbonyl (C=O) groups is 1. The van der Waals surface area contributed by atoms with Crippen LogP contribution in [0.25, 0.3) is 0 Å². The normalized spacial score (nSPS) is 17.8. The van der Waals surface area contributed by atoms with E-state index in [9.17, 15) is 13.9 Å². The number of anilines is 1. The topological polar surface area (TPSA) is 70.0 Å². The zero-order valence-electron chi connectivity index (χ0n) is 31.6. The molecule has 7 heteroatoms. The molecule has 0 bridgehead atoms. The Hall–Kier alpha value is -3.81. The van der Waals surface area contributed by atoms with Crippen molar-refractivity contribution in [1.29, 1.82) is 0 Å². The Morgan fingerprint density at radius 1 is 0.939 bits per heavy atom. The lowest BCUT2D eigenvalue weighted by Gasteiger charge is -2.56. The van der Waals surface area contributed by atoms with Gasteiger partial charge in [0.2, 0.25) is 0 Å². The van der Waals surface area contributed by atoms with E-state index in [-0.39, 0.29) is 36.3 Å². The molecule has 0 amide bonds. The van der Waals surface area contributed by atoms with E-state index in [0.29, 0.717) is 12.0 Å². The number of halogens is 2. The minimum absolute atomic E-state index is 0.0937. The molecule has 274 valence electrons. The summed E-state index contributed by atoms with van der Waals surface area (Å²) in [5, 5.41) is 17.6. The summed E-state index contributed by atoms with van der Waals surface area (Å²) < 4.78 is 32.6. The summed E-state index contributed by atoms with van der Waals surface area (Å²) in [6, 6.07) is 12.6. The summed E-state index contributed by atoms with van der Waals surface area (Å²) in [4.78, 5) is 10.6. The average molecular weight is 684 g/mol. The first-order chi connectivity index (χ1) is 23.6. The maximum absolute atomic E-state index is 13.5. The molecule has 1 heterocycles. The van der Waals surface area contributed by atoms with E-state index in [2.05, 4.69) is 70.4 Å². The van der Waals surface area contributed by atoms with E-state index in [0.717, 1.165) is 31.4 Å². The first kappa shape index (κ1) is 47.3. The van der Waals surface area contributed by atoms with Gasteiger partial charge in [0, 0.05) is 18.7 Å². The number of aliphatic hydroxyl groups is 1. The molecule has 1 fully saturated rings. The number of nitrogens with zero attached hydrogens (tertiary/aromatic N) is 1. The molecule has 2 aromatic carbocycles. The third-order valence-corrected chi connectivity index (χ3v) is 7.69. The van der Waals surface area contributed by atoms with Gasteiger partial charge in [0.1, 0.15) is 17.9 Å². The zero-order chi connectivity index (χ0) is 37.8. The average Bonchev–Trinajstić information content (AvgIpc) is 3.10. The van der Waals surface area contributed by atoms with Crippen LogP contribution in [0.4, 0.5) is 14.5 Å². The molecule has 2 aromatic rings. The Morgan fingerprint density at radius 3 is 1.94 bits per heavy atom. The van der Waals surface area contributed by atoms with Crippen LogP contribution < -0.4 is 4.90 Å². The molecule has 1 saturated heterocycles. The van der Waals surface area contributed by atoms with Crippen molar-refractivity contribution in [2.45, 2.75) is 113 Å². The van der Waals surface area contributed by atoms with Crippen LogP contribution in [0.3, 0.4) is 0 Å². The Morgan fingerprint density at radius 2 is 1.47 bits per heavy atom. The molecule has 4 unspecified atom stereocenters. The van der Waals surface area contributed by atoms with Crippen molar-refractivity contribution in [3.63, 3.8) is 0 Å². The van der Waals surface area contributed by atoms with Crippen molar-refractivity contribution in [1.82, 2.24) is 0 Å². The SMILES string of the molecule is C=C/C=C\C(C)=C/CC.CC.CC.CC/C(C)=C\C/C=C(\C)C1C(CCC(O)c2ccc(F)cc2)C(OC)N1c1ccc(F)cc1.O=CO. The summed E-state index contributed by atoms with van der Waals surface area (Å²) in [6.45, 7) is 22.0. The predicted molar refractivity (Wildman–Crippen MR) is 205 cm³/mol. The van der Waals surface area contributed by atoms with Crippen LogP contribution in [-0.4, -0.2) is 36.1 Å². The third-order valence-electron chi connectivity index (χ3n) is 7.69. The minimum Gasteiger partial charge on any atom is -0.483 e. The molecule has 3 rings (SSSR count). The zero-order valence-corrected chi connectivity index (χ0v) is 31.6. The Labute approximate surface area is 296 Å². The second-order valence-electron chi connectivity index (χ2n) is 10.9. The lowest BCUT2D eigenvalue weighted by atomic mass is 9.77. The highest BCUT2D eigenvalue weighted by Crippen LogP contribution is 2.44. The fraction of sp³-hybridized carbons (Fsp3) is 0.452. The Kier molecular flexibility index (Phi) is 28.1. The maximum atomic E-state index is 13.5. The van der Waals surface area contributed by atoms with Crippen molar-refractivity contribution in [3.8, 4) is 0 Å². The number of hydrogen-bond donors (Lipinski definition) is 2. The van der Waals surface area contributed by atoms with Gasteiger partial charge in [-0.2, -0.15) is 0 Å². The van der Waals surface area contributed by atoms with Crippen molar-refractivity contribution in [2.24, 2.45) is 5.92 Å². The lowest BCUT2D eigenvalue weighted by molar-refractivity contribution is -0.122. The molecule has 0 aromatic heterocycles. The summed E-state index contributed by atoms with van der Waals surface area (Å²) >= 11 is 0. The van der Waals surface area contributed by atoms with Crippen LogP contribution in [0.1, 0.15) is 106 Å². The van der Waals surface area contributed by atoms with Crippen LogP contribution in [0.2, 0.25) is 0 Å². The summed E-state index contributed by atoms with van der Waals surface area (Å²) in [5.74, 6) is -0.411. The van der Waals surface area contributed by atoms with Crippen LogP contribution in [0.15, 0.2) is 108 Å². The molecule has 1 aliphatic rings. The largest absolute Gasteiger partial charge is 0.483 e. The van der Waals surface area contributed by atoms with E-state index in [4.69, 9.17) is 14.6 Å². The molecule has 2 N–H and O–H groups in total. The Balaban J connectivity index is 0.